The third kappa shape index (κ3) is 2.93. The highest BCUT2D eigenvalue weighted by Gasteiger charge is 2.41. The van der Waals surface area contributed by atoms with Crippen LogP contribution in [-0.4, -0.2) is 18.2 Å². The topological polar surface area (TPSA) is 21.3 Å². The van der Waals surface area contributed by atoms with E-state index >= 15 is 0 Å². The quantitative estimate of drug-likeness (QED) is 0.883. The maximum Gasteiger partial charge on any atom is 0.106 e. The predicted molar refractivity (Wildman–Crippen MR) is 75.7 cm³/mol. The molecule has 2 rings (SSSR count). The fourth-order valence-electron chi connectivity index (χ4n) is 2.89. The van der Waals surface area contributed by atoms with Gasteiger partial charge in [-0.25, -0.2) is 0 Å². The highest BCUT2D eigenvalue weighted by molar-refractivity contribution is 5.25. The molecule has 2 heteroatoms. The van der Waals surface area contributed by atoms with Gasteiger partial charge < -0.3 is 10.1 Å². The number of nitrogens with one attached hydrogen (secondary N) is 1. The average molecular weight is 247 g/mol. The molecule has 1 aliphatic heterocycles. The first-order chi connectivity index (χ1) is 8.42. The van der Waals surface area contributed by atoms with Gasteiger partial charge in [-0.15, -0.1) is 0 Å². The lowest BCUT2D eigenvalue weighted by Gasteiger charge is -2.41. The average Bonchev–Trinajstić information content (AvgIpc) is 2.82. The third-order valence-electron chi connectivity index (χ3n) is 3.59. The Morgan fingerprint density at radius 2 is 1.78 bits per heavy atom. The Labute approximate surface area is 111 Å². The number of ether oxygens (including phenoxy) is 1. The minimum Gasteiger partial charge on any atom is -0.363 e. The molecule has 0 unspecified atom stereocenters. The van der Waals surface area contributed by atoms with Crippen LogP contribution in [0.4, 0.5) is 0 Å². The molecule has 2 atom stereocenters. The first-order valence-corrected chi connectivity index (χ1v) is 6.91. The molecule has 1 saturated heterocycles. The zero-order valence-corrected chi connectivity index (χ0v) is 12.0. The number of hydrogen-bond acceptors (Lipinski definition) is 2. The summed E-state index contributed by atoms with van der Waals surface area (Å²) in [4.78, 5) is 0. The summed E-state index contributed by atoms with van der Waals surface area (Å²) in [5.74, 6) is 0. The second-order valence-electron chi connectivity index (χ2n) is 6.34. The molecular formula is C16H25NO. The van der Waals surface area contributed by atoms with Crippen LogP contribution in [0.2, 0.25) is 0 Å². The second kappa shape index (κ2) is 5.02. The molecule has 18 heavy (non-hydrogen) atoms. The number of benzene rings is 1. The van der Waals surface area contributed by atoms with Crippen molar-refractivity contribution in [2.24, 2.45) is 0 Å². The Balaban J connectivity index is 2.33. The van der Waals surface area contributed by atoms with Gasteiger partial charge in [-0.3, -0.25) is 0 Å². The van der Waals surface area contributed by atoms with E-state index in [2.05, 4.69) is 63.3 Å². The molecule has 100 valence electrons. The van der Waals surface area contributed by atoms with Gasteiger partial charge in [0.2, 0.25) is 0 Å². The smallest absolute Gasteiger partial charge is 0.106 e. The molecule has 0 spiro atoms. The molecule has 0 bridgehead atoms. The molecule has 1 aromatic rings. The van der Waals surface area contributed by atoms with E-state index in [0.717, 1.165) is 6.54 Å². The molecule has 0 saturated carbocycles. The Morgan fingerprint density at radius 1 is 1.11 bits per heavy atom. The molecular weight excluding hydrogens is 222 g/mol. The van der Waals surface area contributed by atoms with Crippen molar-refractivity contribution in [1.82, 2.24) is 5.32 Å². The first-order valence-electron chi connectivity index (χ1n) is 6.91. The van der Waals surface area contributed by atoms with Crippen molar-refractivity contribution >= 4 is 0 Å². The van der Waals surface area contributed by atoms with Crippen LogP contribution in [-0.2, 0) is 10.3 Å². The molecule has 1 aromatic carbocycles. The first kappa shape index (κ1) is 13.6. The lowest BCUT2D eigenvalue weighted by molar-refractivity contribution is -0.143. The lowest BCUT2D eigenvalue weighted by Crippen LogP contribution is -2.48. The van der Waals surface area contributed by atoms with Crippen molar-refractivity contribution in [3.8, 4) is 0 Å². The van der Waals surface area contributed by atoms with Crippen LogP contribution in [0.25, 0.3) is 0 Å². The van der Waals surface area contributed by atoms with E-state index < -0.39 is 0 Å². The molecule has 0 amide bonds. The van der Waals surface area contributed by atoms with Gasteiger partial charge >= 0.3 is 0 Å². The molecule has 1 aliphatic rings. The summed E-state index contributed by atoms with van der Waals surface area (Å²) in [5.41, 5.74) is 0.865. The molecule has 1 N–H and O–H groups in total. The summed E-state index contributed by atoms with van der Waals surface area (Å²) in [6, 6.07) is 11.0. The molecule has 2 nitrogen and oxygen atoms in total. The van der Waals surface area contributed by atoms with E-state index in [1.54, 1.807) is 0 Å². The standard InChI is InChI=1S/C16H25NO/c1-15(2,3)18-16(4,14-11-8-12-17-14)13-9-6-5-7-10-13/h5-7,9-10,14,17H,8,11-12H2,1-4H3/t14-,16+/m1/s1. The SMILES string of the molecule is CC(C)(C)O[C@@](C)(c1ccccc1)[C@H]1CCCN1. The van der Waals surface area contributed by atoms with Gasteiger partial charge in [0, 0.05) is 6.04 Å². The van der Waals surface area contributed by atoms with Crippen molar-refractivity contribution in [2.75, 3.05) is 6.54 Å². The monoisotopic (exact) mass is 247 g/mol. The van der Waals surface area contributed by atoms with Gasteiger partial charge in [-0.2, -0.15) is 0 Å². The molecule has 0 aromatic heterocycles. The molecule has 0 aliphatic carbocycles. The highest BCUT2D eigenvalue weighted by atomic mass is 16.5. The van der Waals surface area contributed by atoms with Crippen molar-refractivity contribution in [3.05, 3.63) is 35.9 Å². The lowest BCUT2D eigenvalue weighted by atomic mass is 9.86. The summed E-state index contributed by atoms with van der Waals surface area (Å²) in [6.45, 7) is 9.70. The van der Waals surface area contributed by atoms with Gasteiger partial charge in [0.05, 0.1) is 5.60 Å². The fourth-order valence-corrected chi connectivity index (χ4v) is 2.89. The van der Waals surface area contributed by atoms with E-state index in [1.807, 2.05) is 0 Å². The summed E-state index contributed by atoms with van der Waals surface area (Å²) in [5, 5.41) is 3.59. The summed E-state index contributed by atoms with van der Waals surface area (Å²) < 4.78 is 6.43. The summed E-state index contributed by atoms with van der Waals surface area (Å²) in [7, 11) is 0. The Morgan fingerprint density at radius 3 is 2.28 bits per heavy atom. The van der Waals surface area contributed by atoms with E-state index in [-0.39, 0.29) is 11.2 Å². The third-order valence-corrected chi connectivity index (χ3v) is 3.59. The van der Waals surface area contributed by atoms with Crippen molar-refractivity contribution in [2.45, 2.75) is 57.8 Å². The van der Waals surface area contributed by atoms with E-state index in [0.29, 0.717) is 6.04 Å². The molecule has 0 radical (unpaired) electrons. The summed E-state index contributed by atoms with van der Waals surface area (Å²) in [6.07, 6.45) is 2.42. The molecule has 1 fully saturated rings. The fraction of sp³-hybridized carbons (Fsp3) is 0.625. The summed E-state index contributed by atoms with van der Waals surface area (Å²) >= 11 is 0. The van der Waals surface area contributed by atoms with Crippen LogP contribution in [0.1, 0.15) is 46.1 Å². The Kier molecular flexibility index (Phi) is 3.79. The van der Waals surface area contributed by atoms with E-state index in [9.17, 15) is 0 Å². The van der Waals surface area contributed by atoms with Gasteiger partial charge in [-0.1, -0.05) is 30.3 Å². The van der Waals surface area contributed by atoms with Gasteiger partial charge in [0.25, 0.3) is 0 Å². The minimum absolute atomic E-state index is 0.144. The maximum absolute atomic E-state index is 6.43. The molecule has 1 heterocycles. The van der Waals surface area contributed by atoms with Crippen molar-refractivity contribution in [1.29, 1.82) is 0 Å². The number of hydrogen-bond donors (Lipinski definition) is 1. The van der Waals surface area contributed by atoms with Crippen molar-refractivity contribution in [3.63, 3.8) is 0 Å². The van der Waals surface area contributed by atoms with Crippen LogP contribution in [0.15, 0.2) is 30.3 Å². The van der Waals surface area contributed by atoms with Gasteiger partial charge in [-0.05, 0) is 52.6 Å². The minimum atomic E-state index is -0.254. The van der Waals surface area contributed by atoms with E-state index in [1.165, 1.54) is 18.4 Å². The highest BCUT2D eigenvalue weighted by Crippen LogP contribution is 2.36. The predicted octanol–water partition coefficient (Wildman–Crippen LogP) is 3.47. The van der Waals surface area contributed by atoms with E-state index in [4.69, 9.17) is 4.74 Å². The maximum atomic E-state index is 6.43. The number of rotatable bonds is 3. The van der Waals surface area contributed by atoms with Crippen LogP contribution in [0, 0.1) is 0 Å². The van der Waals surface area contributed by atoms with Crippen molar-refractivity contribution < 1.29 is 4.74 Å². The van der Waals surface area contributed by atoms with Crippen LogP contribution in [0.5, 0.6) is 0 Å². The normalized spacial score (nSPS) is 23.9. The Hall–Kier alpha value is -0.860. The van der Waals surface area contributed by atoms with Gasteiger partial charge in [0.15, 0.2) is 0 Å². The van der Waals surface area contributed by atoms with Crippen LogP contribution in [0.3, 0.4) is 0 Å². The largest absolute Gasteiger partial charge is 0.363 e. The van der Waals surface area contributed by atoms with Crippen LogP contribution >= 0.6 is 0 Å². The Bertz CT molecular complexity index is 376. The van der Waals surface area contributed by atoms with Gasteiger partial charge in [0.1, 0.15) is 5.60 Å². The second-order valence-corrected chi connectivity index (χ2v) is 6.34. The zero-order chi connectivity index (χ0) is 13.2. The zero-order valence-electron chi connectivity index (χ0n) is 12.0. The van der Waals surface area contributed by atoms with Crippen LogP contribution < -0.4 is 5.32 Å².